The largest absolute Gasteiger partial charge is 0.385 e. The SMILES string of the molecule is COCCCNc1c(C#N)c2c(c3nncn13)CN(C(C)C)CC2. The number of pyridine rings is 1. The van der Waals surface area contributed by atoms with Crippen molar-refractivity contribution >= 4 is 11.5 Å². The van der Waals surface area contributed by atoms with Gasteiger partial charge in [0.2, 0.25) is 0 Å². The maximum atomic E-state index is 9.77. The summed E-state index contributed by atoms with van der Waals surface area (Å²) in [6, 6.07) is 2.87. The van der Waals surface area contributed by atoms with Gasteiger partial charge in [-0.2, -0.15) is 5.26 Å². The minimum atomic E-state index is 0.471. The highest BCUT2D eigenvalue weighted by molar-refractivity contribution is 5.68. The summed E-state index contributed by atoms with van der Waals surface area (Å²) >= 11 is 0. The number of aromatic nitrogens is 3. The zero-order valence-corrected chi connectivity index (χ0v) is 14.5. The Balaban J connectivity index is 2.03. The summed E-state index contributed by atoms with van der Waals surface area (Å²) in [6.45, 7) is 7.60. The first kappa shape index (κ1) is 16.7. The number of fused-ring (bicyclic) bond motifs is 3. The highest BCUT2D eigenvalue weighted by atomic mass is 16.5. The van der Waals surface area contributed by atoms with Crippen LogP contribution in [-0.2, 0) is 17.7 Å². The van der Waals surface area contributed by atoms with Crippen molar-refractivity contribution in [2.24, 2.45) is 0 Å². The highest BCUT2D eigenvalue weighted by Crippen LogP contribution is 2.31. The monoisotopic (exact) mass is 328 g/mol. The molecule has 0 spiro atoms. The van der Waals surface area contributed by atoms with Gasteiger partial charge in [-0.25, -0.2) is 0 Å². The van der Waals surface area contributed by atoms with E-state index in [2.05, 4.69) is 40.3 Å². The van der Waals surface area contributed by atoms with E-state index in [1.54, 1.807) is 13.4 Å². The van der Waals surface area contributed by atoms with Crippen LogP contribution < -0.4 is 5.32 Å². The van der Waals surface area contributed by atoms with Crippen molar-refractivity contribution < 1.29 is 4.74 Å². The minimum Gasteiger partial charge on any atom is -0.385 e. The number of anilines is 1. The van der Waals surface area contributed by atoms with Crippen LogP contribution in [0.1, 0.15) is 37.0 Å². The van der Waals surface area contributed by atoms with Crippen LogP contribution in [0.15, 0.2) is 6.33 Å². The van der Waals surface area contributed by atoms with E-state index in [1.807, 2.05) is 4.40 Å². The van der Waals surface area contributed by atoms with E-state index >= 15 is 0 Å². The first-order chi connectivity index (χ1) is 11.7. The van der Waals surface area contributed by atoms with E-state index in [0.717, 1.165) is 60.6 Å². The number of hydrogen-bond donors (Lipinski definition) is 1. The molecule has 24 heavy (non-hydrogen) atoms. The Hall–Kier alpha value is -2.17. The average Bonchev–Trinajstić information content (AvgIpc) is 3.07. The molecule has 0 saturated carbocycles. The van der Waals surface area contributed by atoms with Crippen molar-refractivity contribution in [1.29, 1.82) is 5.26 Å². The number of rotatable bonds is 6. The van der Waals surface area contributed by atoms with Gasteiger partial charge >= 0.3 is 0 Å². The summed E-state index contributed by atoms with van der Waals surface area (Å²) in [5.74, 6) is 0.797. The molecule has 0 amide bonds. The average molecular weight is 328 g/mol. The third kappa shape index (κ3) is 2.95. The van der Waals surface area contributed by atoms with Gasteiger partial charge < -0.3 is 10.1 Å². The second kappa shape index (κ2) is 7.16. The van der Waals surface area contributed by atoms with Gasteiger partial charge in [0.15, 0.2) is 5.65 Å². The second-order valence-corrected chi connectivity index (χ2v) is 6.40. The topological polar surface area (TPSA) is 78.5 Å². The Morgan fingerprint density at radius 3 is 2.96 bits per heavy atom. The van der Waals surface area contributed by atoms with Crippen LogP contribution in [0.4, 0.5) is 5.82 Å². The fraction of sp³-hybridized carbons (Fsp3) is 0.588. The van der Waals surface area contributed by atoms with Crippen molar-refractivity contribution in [3.63, 3.8) is 0 Å². The quantitative estimate of drug-likeness (QED) is 0.815. The molecule has 0 bridgehead atoms. The summed E-state index contributed by atoms with van der Waals surface area (Å²) in [5.41, 5.74) is 3.82. The molecule has 0 aromatic carbocycles. The molecule has 0 aliphatic carbocycles. The lowest BCUT2D eigenvalue weighted by Gasteiger charge is -2.33. The molecule has 7 nitrogen and oxygen atoms in total. The van der Waals surface area contributed by atoms with E-state index in [0.29, 0.717) is 12.6 Å². The van der Waals surface area contributed by atoms with Crippen molar-refractivity contribution in [2.45, 2.75) is 39.3 Å². The number of nitriles is 1. The summed E-state index contributed by atoms with van der Waals surface area (Å²) in [4.78, 5) is 2.41. The third-order valence-corrected chi connectivity index (χ3v) is 4.63. The van der Waals surface area contributed by atoms with Crippen molar-refractivity contribution in [2.75, 3.05) is 32.1 Å². The predicted octanol–water partition coefficient (Wildman–Crippen LogP) is 1.82. The lowest BCUT2D eigenvalue weighted by molar-refractivity contribution is 0.197. The Morgan fingerprint density at radius 1 is 1.42 bits per heavy atom. The molecule has 1 N–H and O–H groups in total. The summed E-state index contributed by atoms with van der Waals surface area (Å²) in [5, 5.41) is 21.5. The molecule has 7 heteroatoms. The van der Waals surface area contributed by atoms with Crippen molar-refractivity contribution in [3.05, 3.63) is 23.0 Å². The number of methoxy groups -OCH3 is 1. The third-order valence-electron chi connectivity index (χ3n) is 4.63. The van der Waals surface area contributed by atoms with Gasteiger partial charge in [-0.05, 0) is 32.3 Å². The summed E-state index contributed by atoms with van der Waals surface area (Å²) in [7, 11) is 1.69. The fourth-order valence-corrected chi connectivity index (χ4v) is 3.29. The molecule has 0 fully saturated rings. The number of nitrogens with one attached hydrogen (secondary N) is 1. The maximum Gasteiger partial charge on any atom is 0.167 e. The van der Waals surface area contributed by atoms with Gasteiger partial charge in [0.05, 0.1) is 5.56 Å². The molecule has 0 radical (unpaired) electrons. The molecule has 2 aromatic rings. The number of nitrogens with zero attached hydrogens (tertiary/aromatic N) is 5. The van der Waals surface area contributed by atoms with Crippen LogP contribution >= 0.6 is 0 Å². The van der Waals surface area contributed by atoms with Gasteiger partial charge in [0.1, 0.15) is 18.2 Å². The minimum absolute atomic E-state index is 0.471. The standard InChI is InChI=1S/C17H24N6O/c1-12(2)22-7-5-13-14(9-18)16(19-6-4-8-24-3)23-11-20-21-17(23)15(13)10-22/h11-12,19H,4-8,10H2,1-3H3. The maximum absolute atomic E-state index is 9.77. The van der Waals surface area contributed by atoms with Crippen LogP contribution in [0.5, 0.6) is 0 Å². The first-order valence-corrected chi connectivity index (χ1v) is 8.41. The van der Waals surface area contributed by atoms with E-state index < -0.39 is 0 Å². The fourth-order valence-electron chi connectivity index (χ4n) is 3.29. The predicted molar refractivity (Wildman–Crippen MR) is 91.9 cm³/mol. The molecule has 0 atom stereocenters. The summed E-state index contributed by atoms with van der Waals surface area (Å²) < 4.78 is 7.00. The Morgan fingerprint density at radius 2 is 2.25 bits per heavy atom. The van der Waals surface area contributed by atoms with Gasteiger partial charge in [0.25, 0.3) is 0 Å². The van der Waals surface area contributed by atoms with E-state index in [4.69, 9.17) is 4.74 Å². The lowest BCUT2D eigenvalue weighted by atomic mass is 9.95. The van der Waals surface area contributed by atoms with Gasteiger partial charge in [-0.1, -0.05) is 0 Å². The molecular weight excluding hydrogens is 304 g/mol. The zero-order chi connectivity index (χ0) is 17.1. The molecule has 0 unspecified atom stereocenters. The van der Waals surface area contributed by atoms with Crippen LogP contribution in [0, 0.1) is 11.3 Å². The normalized spacial score (nSPS) is 14.8. The molecule has 3 rings (SSSR count). The molecule has 0 saturated heterocycles. The van der Waals surface area contributed by atoms with E-state index in [9.17, 15) is 5.26 Å². The Bertz CT molecular complexity index is 761. The molecule has 128 valence electrons. The smallest absolute Gasteiger partial charge is 0.167 e. The zero-order valence-electron chi connectivity index (χ0n) is 14.5. The number of ether oxygens (including phenoxy) is 1. The van der Waals surface area contributed by atoms with E-state index in [1.165, 1.54) is 0 Å². The van der Waals surface area contributed by atoms with Gasteiger partial charge in [-0.15, -0.1) is 10.2 Å². The molecule has 1 aliphatic rings. The molecule has 2 aromatic heterocycles. The van der Waals surface area contributed by atoms with Crippen LogP contribution in [-0.4, -0.2) is 52.3 Å². The van der Waals surface area contributed by atoms with E-state index in [-0.39, 0.29) is 0 Å². The van der Waals surface area contributed by atoms with Crippen molar-refractivity contribution in [3.8, 4) is 6.07 Å². The van der Waals surface area contributed by atoms with Gasteiger partial charge in [0, 0.05) is 45.0 Å². The van der Waals surface area contributed by atoms with Crippen LogP contribution in [0.3, 0.4) is 0 Å². The van der Waals surface area contributed by atoms with Gasteiger partial charge in [-0.3, -0.25) is 9.30 Å². The Kier molecular flexibility index (Phi) is 4.97. The van der Waals surface area contributed by atoms with Crippen LogP contribution in [0.25, 0.3) is 5.65 Å². The Labute approximate surface area is 142 Å². The lowest BCUT2D eigenvalue weighted by Crippen LogP contribution is -2.36. The summed E-state index contributed by atoms with van der Waals surface area (Å²) in [6.07, 6.45) is 3.43. The molecule has 1 aliphatic heterocycles. The van der Waals surface area contributed by atoms with Crippen LogP contribution in [0.2, 0.25) is 0 Å². The van der Waals surface area contributed by atoms with Crippen molar-refractivity contribution in [1.82, 2.24) is 19.5 Å². The molecular formula is C17H24N6O. The second-order valence-electron chi connectivity index (χ2n) is 6.40. The highest BCUT2D eigenvalue weighted by Gasteiger charge is 2.27. The molecule has 3 heterocycles. The first-order valence-electron chi connectivity index (χ1n) is 8.41. The number of hydrogen-bond acceptors (Lipinski definition) is 6.